The molecule has 2 aromatic carbocycles. The molecule has 0 saturated carbocycles. The standard InChI is InChI=1S/C24H22ClNO3/c1-14-21(24(28)29-2)22(17-10-6-7-11-18(17)25)23-19(26-14)12-16(13-20(23)27)15-8-4-3-5-9-15/h3-11,16,21-22H,12-13H2,1-2H3/t16-,21?,22-/m0/s1. The lowest BCUT2D eigenvalue weighted by Gasteiger charge is -2.36. The van der Waals surface area contributed by atoms with Gasteiger partial charge >= 0.3 is 5.97 Å². The monoisotopic (exact) mass is 407 g/mol. The number of halogens is 1. The SMILES string of the molecule is COC(=O)C1C(C)=NC2=C(C(=O)C[C@@H](c3ccccc3)C2)[C@H]1c1ccccc1Cl. The van der Waals surface area contributed by atoms with E-state index >= 15 is 0 Å². The van der Waals surface area contributed by atoms with Crippen molar-refractivity contribution in [2.75, 3.05) is 7.11 Å². The van der Waals surface area contributed by atoms with Crippen LogP contribution < -0.4 is 0 Å². The predicted molar refractivity (Wildman–Crippen MR) is 113 cm³/mol. The summed E-state index contributed by atoms with van der Waals surface area (Å²) in [5.41, 5.74) is 3.91. The van der Waals surface area contributed by atoms with Crippen molar-refractivity contribution in [2.45, 2.75) is 31.6 Å². The molecule has 2 aliphatic rings. The molecule has 0 bridgehead atoms. The minimum Gasteiger partial charge on any atom is -0.468 e. The highest BCUT2D eigenvalue weighted by molar-refractivity contribution is 6.31. The van der Waals surface area contributed by atoms with Gasteiger partial charge in [0, 0.05) is 34.3 Å². The zero-order valence-corrected chi connectivity index (χ0v) is 17.1. The highest BCUT2D eigenvalue weighted by Gasteiger charge is 2.45. The van der Waals surface area contributed by atoms with Crippen LogP contribution in [0.5, 0.6) is 0 Å². The van der Waals surface area contributed by atoms with Gasteiger partial charge in [-0.1, -0.05) is 60.1 Å². The normalized spacial score (nSPS) is 24.0. The number of hydrogen-bond donors (Lipinski definition) is 0. The fourth-order valence-corrected chi connectivity index (χ4v) is 4.77. The van der Waals surface area contributed by atoms with Crippen LogP contribution in [-0.2, 0) is 14.3 Å². The summed E-state index contributed by atoms with van der Waals surface area (Å²) in [6, 6.07) is 17.4. The quantitative estimate of drug-likeness (QED) is 0.666. The van der Waals surface area contributed by atoms with E-state index in [1.54, 1.807) is 6.07 Å². The third-order valence-electron chi connectivity index (χ3n) is 5.85. The van der Waals surface area contributed by atoms with Crippen LogP contribution in [0.1, 0.15) is 42.7 Å². The van der Waals surface area contributed by atoms with Crippen molar-refractivity contribution in [2.24, 2.45) is 10.9 Å². The number of carbonyl (C=O) groups is 2. The minimum atomic E-state index is -0.657. The van der Waals surface area contributed by atoms with E-state index in [2.05, 4.69) is 0 Å². The van der Waals surface area contributed by atoms with Gasteiger partial charge in [-0.2, -0.15) is 0 Å². The van der Waals surface area contributed by atoms with Crippen LogP contribution in [0.25, 0.3) is 0 Å². The molecule has 1 aliphatic carbocycles. The molecule has 2 aromatic rings. The predicted octanol–water partition coefficient (Wildman–Crippen LogP) is 5.09. The molecule has 0 spiro atoms. The molecule has 4 rings (SSSR count). The Morgan fingerprint density at radius 1 is 1.07 bits per heavy atom. The number of ether oxygens (including phenoxy) is 1. The number of hydrogen-bond acceptors (Lipinski definition) is 4. The Bertz CT molecular complexity index is 1030. The summed E-state index contributed by atoms with van der Waals surface area (Å²) in [6.45, 7) is 1.83. The van der Waals surface area contributed by atoms with Crippen molar-refractivity contribution >= 4 is 29.1 Å². The molecule has 0 N–H and O–H groups in total. The summed E-state index contributed by atoms with van der Waals surface area (Å²) in [6.07, 6.45) is 1.06. The van der Waals surface area contributed by atoms with Crippen molar-refractivity contribution < 1.29 is 14.3 Å². The smallest absolute Gasteiger partial charge is 0.315 e. The highest BCUT2D eigenvalue weighted by Crippen LogP contribution is 2.48. The van der Waals surface area contributed by atoms with E-state index in [9.17, 15) is 9.59 Å². The number of nitrogens with zero attached hydrogens (tertiary/aromatic N) is 1. The van der Waals surface area contributed by atoms with Crippen LogP contribution in [0.15, 0.2) is 70.9 Å². The van der Waals surface area contributed by atoms with Crippen molar-refractivity contribution in [1.29, 1.82) is 0 Å². The molecule has 1 heterocycles. The van der Waals surface area contributed by atoms with Crippen molar-refractivity contribution in [1.82, 2.24) is 0 Å². The van der Waals surface area contributed by atoms with Gasteiger partial charge in [-0.15, -0.1) is 0 Å². The molecule has 0 amide bonds. The van der Waals surface area contributed by atoms with Crippen molar-refractivity contribution in [3.8, 4) is 0 Å². The third kappa shape index (κ3) is 3.53. The second-order valence-electron chi connectivity index (χ2n) is 7.55. The number of rotatable bonds is 3. The lowest BCUT2D eigenvalue weighted by molar-refractivity contribution is -0.143. The molecule has 5 heteroatoms. The van der Waals surface area contributed by atoms with E-state index in [0.29, 0.717) is 29.1 Å². The lowest BCUT2D eigenvalue weighted by Crippen LogP contribution is -2.37. The Balaban J connectivity index is 1.84. The Kier molecular flexibility index (Phi) is 5.37. The van der Waals surface area contributed by atoms with Gasteiger partial charge in [0.05, 0.1) is 7.11 Å². The third-order valence-corrected chi connectivity index (χ3v) is 6.20. The number of aliphatic imine (C=N–C) groups is 1. The van der Waals surface area contributed by atoms with E-state index in [1.165, 1.54) is 7.11 Å². The summed E-state index contributed by atoms with van der Waals surface area (Å²) < 4.78 is 5.06. The van der Waals surface area contributed by atoms with Crippen LogP contribution in [0, 0.1) is 5.92 Å². The molecule has 148 valence electrons. The maximum atomic E-state index is 13.3. The van der Waals surface area contributed by atoms with Gasteiger partial charge in [0.2, 0.25) is 0 Å². The summed E-state index contributed by atoms with van der Waals surface area (Å²) in [4.78, 5) is 30.7. The summed E-state index contributed by atoms with van der Waals surface area (Å²) in [7, 11) is 1.36. The molecule has 0 aromatic heterocycles. The summed E-state index contributed by atoms with van der Waals surface area (Å²) in [5, 5.41) is 0.533. The highest BCUT2D eigenvalue weighted by atomic mass is 35.5. The van der Waals surface area contributed by atoms with Crippen LogP contribution >= 0.6 is 11.6 Å². The molecule has 1 aliphatic heterocycles. The Morgan fingerprint density at radius 3 is 2.45 bits per heavy atom. The molecular formula is C24H22ClNO3. The Labute approximate surface area is 175 Å². The average molecular weight is 408 g/mol. The molecule has 29 heavy (non-hydrogen) atoms. The minimum absolute atomic E-state index is 0.0233. The number of Topliss-reactive ketones (excluding diaryl/α,β-unsaturated/α-hetero) is 1. The molecule has 1 unspecified atom stereocenters. The maximum absolute atomic E-state index is 13.3. The first-order chi connectivity index (χ1) is 14.0. The molecule has 4 nitrogen and oxygen atoms in total. The van der Waals surface area contributed by atoms with Crippen LogP contribution in [0.3, 0.4) is 0 Å². The zero-order chi connectivity index (χ0) is 20.5. The van der Waals surface area contributed by atoms with Gasteiger partial charge in [-0.25, -0.2) is 0 Å². The molecule has 3 atom stereocenters. The zero-order valence-electron chi connectivity index (χ0n) is 16.4. The van der Waals surface area contributed by atoms with E-state index in [-0.39, 0.29) is 11.7 Å². The average Bonchev–Trinajstić information content (AvgIpc) is 2.73. The molecule has 0 fully saturated rings. The van der Waals surface area contributed by atoms with Crippen molar-refractivity contribution in [3.05, 3.63) is 82.0 Å². The number of esters is 1. The van der Waals surface area contributed by atoms with Gasteiger partial charge in [-0.05, 0) is 36.5 Å². The first-order valence-corrected chi connectivity index (χ1v) is 10.1. The second-order valence-corrected chi connectivity index (χ2v) is 7.96. The van der Waals surface area contributed by atoms with Gasteiger partial charge in [0.15, 0.2) is 5.78 Å². The summed E-state index contributed by atoms with van der Waals surface area (Å²) in [5.74, 6) is -1.43. The van der Waals surface area contributed by atoms with E-state index < -0.39 is 17.8 Å². The first kappa shape index (κ1) is 19.6. The lowest BCUT2D eigenvalue weighted by atomic mass is 9.69. The number of carbonyl (C=O) groups excluding carboxylic acids is 2. The fraction of sp³-hybridized carbons (Fsp3) is 0.292. The van der Waals surface area contributed by atoms with Gasteiger partial charge in [0.25, 0.3) is 0 Å². The second kappa shape index (κ2) is 7.96. The van der Waals surface area contributed by atoms with Gasteiger partial charge in [-0.3, -0.25) is 14.6 Å². The van der Waals surface area contributed by atoms with Gasteiger partial charge in [0.1, 0.15) is 5.92 Å². The number of ketones is 1. The van der Waals surface area contributed by atoms with E-state index in [0.717, 1.165) is 16.8 Å². The number of methoxy groups -OCH3 is 1. The van der Waals surface area contributed by atoms with Crippen LogP contribution in [0.4, 0.5) is 0 Å². The summed E-state index contributed by atoms with van der Waals surface area (Å²) >= 11 is 6.50. The number of benzene rings is 2. The van der Waals surface area contributed by atoms with E-state index in [1.807, 2.05) is 55.5 Å². The molecule has 0 radical (unpaired) electrons. The van der Waals surface area contributed by atoms with Crippen molar-refractivity contribution in [3.63, 3.8) is 0 Å². The Morgan fingerprint density at radius 2 is 1.76 bits per heavy atom. The Hall–Kier alpha value is -2.72. The first-order valence-electron chi connectivity index (χ1n) is 9.70. The maximum Gasteiger partial charge on any atom is 0.315 e. The molecule has 0 saturated heterocycles. The van der Waals surface area contributed by atoms with E-state index in [4.69, 9.17) is 21.3 Å². The molecular weight excluding hydrogens is 386 g/mol. The van der Waals surface area contributed by atoms with Crippen LogP contribution in [-0.4, -0.2) is 24.6 Å². The topological polar surface area (TPSA) is 55.7 Å². The number of allylic oxidation sites excluding steroid dienone is 2. The van der Waals surface area contributed by atoms with Gasteiger partial charge < -0.3 is 4.74 Å². The van der Waals surface area contributed by atoms with Crippen LogP contribution in [0.2, 0.25) is 5.02 Å². The largest absolute Gasteiger partial charge is 0.468 e. The fourth-order valence-electron chi connectivity index (χ4n) is 4.52.